The predicted molar refractivity (Wildman–Crippen MR) is 34.9 cm³/mol. The summed E-state index contributed by atoms with van der Waals surface area (Å²) in [5.74, 6) is 0. The van der Waals surface area contributed by atoms with Gasteiger partial charge in [-0.1, -0.05) is 12.8 Å². The fourth-order valence-electron chi connectivity index (χ4n) is 0.904. The van der Waals surface area contributed by atoms with E-state index in [0.717, 1.165) is 12.8 Å². The van der Waals surface area contributed by atoms with Gasteiger partial charge in [-0.05, 0) is 12.8 Å². The Labute approximate surface area is 51.2 Å². The molecular weight excluding hydrogens is 108 g/mol. The van der Waals surface area contributed by atoms with Crippen molar-refractivity contribution in [3.05, 3.63) is 0 Å². The Morgan fingerprint density at radius 3 is 1.71 bits per heavy atom. The van der Waals surface area contributed by atoms with Crippen molar-refractivity contribution in [3.63, 3.8) is 0 Å². The van der Waals surface area contributed by atoms with Crippen LogP contribution in [0.3, 0.4) is 0 Å². The predicted octanol–water partition coefficient (Wildman–Crippen LogP) is 1.03. The van der Waals surface area contributed by atoms with Crippen LogP contribution in [0.4, 0.5) is 0 Å². The average Bonchev–Trinajstić information content (AvgIpc) is 1.86. The summed E-state index contributed by atoms with van der Waals surface area (Å²) in [6.07, 6.45) is 4.60. The lowest BCUT2D eigenvalue weighted by Crippen LogP contribution is -1.94. The zero-order valence-electron chi connectivity index (χ0n) is 4.35. The summed E-state index contributed by atoms with van der Waals surface area (Å²) in [6, 6.07) is 0. The topological polar surface area (TPSA) is 20.2 Å². The molecule has 0 aromatic rings. The molecule has 0 bridgehead atoms. The lowest BCUT2D eigenvalue weighted by Gasteiger charge is -1.91. The summed E-state index contributed by atoms with van der Waals surface area (Å²) in [7, 11) is 0. The first-order chi connectivity index (χ1) is 2.89. The Kier molecular flexibility index (Phi) is 3.48. The van der Waals surface area contributed by atoms with Crippen LogP contribution in [0.5, 0.6) is 0 Å². The van der Waals surface area contributed by atoms with Gasteiger partial charge >= 0.3 is 0 Å². The Morgan fingerprint density at radius 2 is 1.57 bits per heavy atom. The minimum atomic E-state index is 0. The average molecular weight is 120 g/mol. The molecular formula is C5H12OS. The standard InChI is InChI=1S/C5H10O.H2S/c6-5-3-1-2-4-5;/h5-6H,1-4H2;1H2. The van der Waals surface area contributed by atoms with Gasteiger partial charge in [0.2, 0.25) is 0 Å². The third-order valence-corrected chi connectivity index (χ3v) is 1.32. The van der Waals surface area contributed by atoms with E-state index in [1.807, 2.05) is 0 Å². The summed E-state index contributed by atoms with van der Waals surface area (Å²) in [6.45, 7) is 0. The van der Waals surface area contributed by atoms with Gasteiger partial charge in [0.1, 0.15) is 0 Å². The summed E-state index contributed by atoms with van der Waals surface area (Å²) in [4.78, 5) is 0. The van der Waals surface area contributed by atoms with E-state index in [9.17, 15) is 0 Å². The Bertz CT molecular complexity index is 41.3. The smallest absolute Gasteiger partial charge is 0.0540 e. The Balaban J connectivity index is 0.000000360. The van der Waals surface area contributed by atoms with E-state index in [1.54, 1.807) is 0 Å². The highest BCUT2D eigenvalue weighted by atomic mass is 32.1. The SMILES string of the molecule is OC1CCCC1.S. The molecule has 1 aliphatic rings. The molecule has 0 radical (unpaired) electrons. The third kappa shape index (κ3) is 2.19. The second-order valence-corrected chi connectivity index (χ2v) is 1.94. The van der Waals surface area contributed by atoms with Crippen LogP contribution in [0.2, 0.25) is 0 Å². The van der Waals surface area contributed by atoms with Crippen molar-refractivity contribution in [2.45, 2.75) is 31.8 Å². The first-order valence-electron chi connectivity index (χ1n) is 2.57. The molecule has 0 aromatic carbocycles. The van der Waals surface area contributed by atoms with Gasteiger partial charge in [-0.2, -0.15) is 13.5 Å². The highest BCUT2D eigenvalue weighted by Crippen LogP contribution is 2.16. The van der Waals surface area contributed by atoms with Crippen LogP contribution in [0.15, 0.2) is 0 Å². The van der Waals surface area contributed by atoms with E-state index in [0.29, 0.717) is 0 Å². The summed E-state index contributed by atoms with van der Waals surface area (Å²) >= 11 is 0. The van der Waals surface area contributed by atoms with Crippen molar-refractivity contribution in [1.29, 1.82) is 0 Å². The van der Waals surface area contributed by atoms with E-state index >= 15 is 0 Å². The molecule has 1 rings (SSSR count). The zero-order chi connectivity index (χ0) is 4.41. The van der Waals surface area contributed by atoms with E-state index in [2.05, 4.69) is 0 Å². The van der Waals surface area contributed by atoms with Crippen molar-refractivity contribution < 1.29 is 5.11 Å². The molecule has 0 amide bonds. The third-order valence-electron chi connectivity index (χ3n) is 1.32. The first kappa shape index (κ1) is 7.31. The molecule has 1 nitrogen and oxygen atoms in total. The van der Waals surface area contributed by atoms with Crippen molar-refractivity contribution in [2.24, 2.45) is 0 Å². The number of aliphatic hydroxyl groups is 1. The molecule has 0 aromatic heterocycles. The van der Waals surface area contributed by atoms with Gasteiger partial charge < -0.3 is 5.11 Å². The fourth-order valence-corrected chi connectivity index (χ4v) is 0.904. The second kappa shape index (κ2) is 3.33. The largest absolute Gasteiger partial charge is 0.393 e. The molecule has 7 heavy (non-hydrogen) atoms. The quantitative estimate of drug-likeness (QED) is 0.506. The van der Waals surface area contributed by atoms with Crippen molar-refractivity contribution in [1.82, 2.24) is 0 Å². The molecule has 1 N–H and O–H groups in total. The van der Waals surface area contributed by atoms with Crippen LogP contribution < -0.4 is 0 Å². The van der Waals surface area contributed by atoms with E-state index in [4.69, 9.17) is 5.11 Å². The van der Waals surface area contributed by atoms with Crippen molar-refractivity contribution >= 4 is 13.5 Å². The van der Waals surface area contributed by atoms with Crippen LogP contribution >= 0.6 is 13.5 Å². The number of rotatable bonds is 0. The van der Waals surface area contributed by atoms with Crippen molar-refractivity contribution in [2.75, 3.05) is 0 Å². The van der Waals surface area contributed by atoms with Gasteiger partial charge in [0.15, 0.2) is 0 Å². The van der Waals surface area contributed by atoms with Crippen LogP contribution in [0.1, 0.15) is 25.7 Å². The molecule has 0 spiro atoms. The van der Waals surface area contributed by atoms with Gasteiger partial charge in [0.25, 0.3) is 0 Å². The fraction of sp³-hybridized carbons (Fsp3) is 1.00. The van der Waals surface area contributed by atoms with Crippen LogP contribution in [-0.4, -0.2) is 11.2 Å². The lowest BCUT2D eigenvalue weighted by atomic mass is 10.3. The highest BCUT2D eigenvalue weighted by molar-refractivity contribution is 7.59. The van der Waals surface area contributed by atoms with Gasteiger partial charge in [0, 0.05) is 0 Å². The minimum Gasteiger partial charge on any atom is -0.393 e. The van der Waals surface area contributed by atoms with Crippen LogP contribution in [0, 0.1) is 0 Å². The number of hydrogen-bond donors (Lipinski definition) is 1. The molecule has 1 saturated carbocycles. The lowest BCUT2D eigenvalue weighted by molar-refractivity contribution is 0.183. The summed E-state index contributed by atoms with van der Waals surface area (Å²) < 4.78 is 0. The van der Waals surface area contributed by atoms with Gasteiger partial charge in [-0.3, -0.25) is 0 Å². The highest BCUT2D eigenvalue weighted by Gasteiger charge is 2.09. The second-order valence-electron chi connectivity index (χ2n) is 1.94. The molecule has 1 aliphatic carbocycles. The normalized spacial score (nSPS) is 21.9. The molecule has 0 aliphatic heterocycles. The Morgan fingerprint density at radius 1 is 1.14 bits per heavy atom. The molecule has 0 saturated heterocycles. The summed E-state index contributed by atoms with van der Waals surface area (Å²) in [5.41, 5.74) is 0. The van der Waals surface area contributed by atoms with Crippen molar-refractivity contribution in [3.8, 4) is 0 Å². The van der Waals surface area contributed by atoms with Crippen LogP contribution in [0.25, 0.3) is 0 Å². The Hall–Kier alpha value is 0.310. The van der Waals surface area contributed by atoms with Gasteiger partial charge in [0.05, 0.1) is 6.10 Å². The maximum Gasteiger partial charge on any atom is 0.0540 e. The molecule has 0 atom stereocenters. The molecule has 44 valence electrons. The summed E-state index contributed by atoms with van der Waals surface area (Å²) in [5, 5.41) is 8.73. The number of aliphatic hydroxyl groups excluding tert-OH is 1. The van der Waals surface area contributed by atoms with E-state index < -0.39 is 0 Å². The molecule has 1 fully saturated rings. The maximum atomic E-state index is 8.73. The van der Waals surface area contributed by atoms with Gasteiger partial charge in [-0.25, -0.2) is 0 Å². The maximum absolute atomic E-state index is 8.73. The van der Waals surface area contributed by atoms with E-state index in [-0.39, 0.29) is 19.6 Å². The zero-order valence-corrected chi connectivity index (χ0v) is 5.35. The van der Waals surface area contributed by atoms with E-state index in [1.165, 1.54) is 12.8 Å². The first-order valence-corrected chi connectivity index (χ1v) is 2.57. The minimum absolute atomic E-state index is 0. The molecule has 2 heteroatoms. The molecule has 0 heterocycles. The number of hydrogen-bond acceptors (Lipinski definition) is 1. The van der Waals surface area contributed by atoms with Crippen LogP contribution in [-0.2, 0) is 0 Å². The monoisotopic (exact) mass is 120 g/mol. The molecule has 0 unspecified atom stereocenters. The van der Waals surface area contributed by atoms with Gasteiger partial charge in [-0.15, -0.1) is 0 Å².